The van der Waals surface area contributed by atoms with Crippen molar-refractivity contribution in [1.82, 2.24) is 19.9 Å². The molecule has 0 saturated heterocycles. The number of hydrogen-bond donors (Lipinski definition) is 0. The second-order valence-corrected chi connectivity index (χ2v) is 19.0. The molecule has 0 fully saturated rings. The number of rotatable bonds is 10. The van der Waals surface area contributed by atoms with Crippen LogP contribution in [0, 0.1) is 5.41 Å². The van der Waals surface area contributed by atoms with E-state index < -0.39 is 68.5 Å². The van der Waals surface area contributed by atoms with Crippen LogP contribution in [0.25, 0.3) is 112 Å². The van der Waals surface area contributed by atoms with Gasteiger partial charge in [0.15, 0.2) is 17.5 Å². The molecule has 0 atom stereocenters. The molecule has 0 N–H and O–H groups in total. The maximum atomic E-state index is 8.97. The number of pyridine rings is 1. The standard InChI is InChI=1S/C71H58N4/c1-69(2)63-35-33-53(45-64(63)70(3,4)71(69,5)6)65-36-34-56(46-72-65)68-74-66(54-31-19-29-51(37-54)61-41-57(47-21-11-7-12-22-47)39-58(42-61)48-23-13-8-14-24-48)73-67(75-68)55-32-20-30-52(38-55)62-43-59(49-25-15-9-16-26-49)40-60(44-62)50-27-17-10-18-28-50/h7-46H,1-6H3/i1D3,2D3,3D3,4D3,5D3,6D3. The molecule has 362 valence electrons. The fourth-order valence-corrected chi connectivity index (χ4v) is 9.94. The summed E-state index contributed by atoms with van der Waals surface area (Å²) in [5, 5.41) is 0. The quantitative estimate of drug-likeness (QED) is 0.137. The Hall–Kier alpha value is -8.86. The van der Waals surface area contributed by atoms with Crippen LogP contribution in [0.4, 0.5) is 0 Å². The van der Waals surface area contributed by atoms with Gasteiger partial charge in [0.1, 0.15) is 0 Å². The average Bonchev–Trinajstić information content (AvgIpc) is 1.47. The first-order valence-corrected chi connectivity index (χ1v) is 24.5. The molecule has 9 aromatic carbocycles. The third-order valence-corrected chi connectivity index (χ3v) is 14.1. The van der Waals surface area contributed by atoms with Crippen LogP contribution in [0.5, 0.6) is 0 Å². The zero-order valence-corrected chi connectivity index (χ0v) is 40.4. The summed E-state index contributed by atoms with van der Waals surface area (Å²) in [6, 6.07) is 74.9. The summed E-state index contributed by atoms with van der Waals surface area (Å²) in [6.07, 6.45) is 1.39. The summed E-state index contributed by atoms with van der Waals surface area (Å²) in [4.78, 5) is 20.1. The molecule has 2 aromatic heterocycles. The highest BCUT2D eigenvalue weighted by molar-refractivity contribution is 5.85. The van der Waals surface area contributed by atoms with Crippen LogP contribution >= 0.6 is 0 Å². The van der Waals surface area contributed by atoms with Gasteiger partial charge in [0, 0.05) is 53.1 Å². The van der Waals surface area contributed by atoms with Crippen LogP contribution in [-0.4, -0.2) is 19.9 Å². The normalized spacial score (nSPS) is 18.6. The van der Waals surface area contributed by atoms with Gasteiger partial charge in [-0.2, -0.15) is 0 Å². The highest BCUT2D eigenvalue weighted by Gasteiger charge is 2.56. The molecule has 0 amide bonds. The lowest BCUT2D eigenvalue weighted by atomic mass is 9.59. The number of fused-ring (bicyclic) bond motifs is 1. The minimum absolute atomic E-state index is 0.0183. The van der Waals surface area contributed by atoms with E-state index in [1.165, 1.54) is 12.3 Å². The lowest BCUT2D eigenvalue weighted by molar-refractivity contribution is 0.125. The largest absolute Gasteiger partial charge is 0.255 e. The fourth-order valence-electron chi connectivity index (χ4n) is 9.94. The van der Waals surface area contributed by atoms with E-state index in [2.05, 4.69) is 84.9 Å². The van der Waals surface area contributed by atoms with E-state index in [4.69, 9.17) is 44.6 Å². The molecule has 0 saturated carbocycles. The Kier molecular flexibility index (Phi) is 7.80. The van der Waals surface area contributed by atoms with Crippen molar-refractivity contribution in [2.24, 2.45) is 5.41 Å². The molecule has 1 aliphatic carbocycles. The number of aromatic nitrogens is 4. The third kappa shape index (κ3) is 8.76. The van der Waals surface area contributed by atoms with E-state index >= 15 is 0 Å². The van der Waals surface area contributed by atoms with E-state index in [1.54, 1.807) is 6.07 Å². The van der Waals surface area contributed by atoms with E-state index in [1.807, 2.05) is 121 Å². The van der Waals surface area contributed by atoms with Crippen molar-refractivity contribution < 1.29 is 24.7 Å². The average molecular weight is 985 g/mol. The van der Waals surface area contributed by atoms with E-state index in [0.29, 0.717) is 16.7 Å². The SMILES string of the molecule is [2H]C([2H])([2H])C1(C([2H])([2H])[2H])c2ccc(-c3ccc(-c4nc(-c5cccc(-c6cc(-c7ccccc7)cc(-c7ccccc7)c6)c5)nc(-c5cccc(-c6cc(-c7ccccc7)cc(-c7ccccc7)c6)c5)n4)cn3)cc2C(C([2H])([2H])[2H])(C([2H])([2H])[2H])C1(C([2H])([2H])[2H])C([2H])([2H])[2H]. The summed E-state index contributed by atoms with van der Waals surface area (Å²) in [5.74, 6) is 0.724. The van der Waals surface area contributed by atoms with E-state index in [-0.39, 0.29) is 28.7 Å². The molecule has 0 bridgehead atoms. The first kappa shape index (κ1) is 31.0. The molecule has 0 aliphatic heterocycles. The Morgan fingerprint density at radius 3 is 1.00 bits per heavy atom. The van der Waals surface area contributed by atoms with Crippen LogP contribution in [0.2, 0.25) is 0 Å². The monoisotopic (exact) mass is 985 g/mol. The second-order valence-electron chi connectivity index (χ2n) is 19.0. The molecule has 4 heteroatoms. The molecule has 12 rings (SSSR count). The zero-order valence-electron chi connectivity index (χ0n) is 58.4. The van der Waals surface area contributed by atoms with Gasteiger partial charge in [0.05, 0.1) is 5.69 Å². The highest BCUT2D eigenvalue weighted by Crippen LogP contribution is 2.61. The summed E-state index contributed by atoms with van der Waals surface area (Å²) < 4.78 is 160. The molecular weight excluding hydrogens is 909 g/mol. The van der Waals surface area contributed by atoms with Crippen molar-refractivity contribution in [3.05, 3.63) is 254 Å². The van der Waals surface area contributed by atoms with Gasteiger partial charge in [-0.05, 0) is 161 Å². The van der Waals surface area contributed by atoms with Gasteiger partial charge >= 0.3 is 0 Å². The predicted molar refractivity (Wildman–Crippen MR) is 312 cm³/mol. The fraction of sp³-hybridized carbons (Fsp3) is 0.127. The summed E-state index contributed by atoms with van der Waals surface area (Å²) >= 11 is 0. The molecule has 11 aromatic rings. The predicted octanol–water partition coefficient (Wildman–Crippen LogP) is 18.5. The first-order chi connectivity index (χ1) is 43.9. The zero-order chi connectivity index (χ0) is 66.3. The molecule has 2 heterocycles. The molecule has 75 heavy (non-hydrogen) atoms. The Morgan fingerprint density at radius 2 is 0.613 bits per heavy atom. The maximum Gasteiger partial charge on any atom is 0.165 e. The smallest absolute Gasteiger partial charge is 0.165 e. The summed E-state index contributed by atoms with van der Waals surface area (Å²) in [6.45, 7) is -25.6. The van der Waals surface area contributed by atoms with Crippen molar-refractivity contribution in [3.63, 3.8) is 0 Å². The number of benzene rings is 9. The van der Waals surface area contributed by atoms with Crippen molar-refractivity contribution in [3.8, 4) is 112 Å². The Bertz CT molecular complexity index is 4240. The Balaban J connectivity index is 1.03. The number of hydrogen-bond acceptors (Lipinski definition) is 4. The van der Waals surface area contributed by atoms with Gasteiger partial charge in [-0.1, -0.05) is 211 Å². The number of nitrogens with zero attached hydrogens (tertiary/aromatic N) is 4. The van der Waals surface area contributed by atoms with Crippen LogP contribution in [0.1, 0.15) is 76.9 Å². The maximum absolute atomic E-state index is 8.97. The van der Waals surface area contributed by atoms with Gasteiger partial charge in [0.25, 0.3) is 0 Å². The van der Waals surface area contributed by atoms with Crippen LogP contribution in [-0.2, 0) is 10.8 Å². The van der Waals surface area contributed by atoms with Crippen molar-refractivity contribution in [2.45, 2.75) is 51.9 Å². The van der Waals surface area contributed by atoms with Crippen molar-refractivity contribution in [2.75, 3.05) is 0 Å². The van der Waals surface area contributed by atoms with Crippen molar-refractivity contribution >= 4 is 0 Å². The van der Waals surface area contributed by atoms with E-state index in [0.717, 1.165) is 85.0 Å². The molecule has 0 unspecified atom stereocenters. The lowest BCUT2D eigenvalue weighted by Crippen LogP contribution is -2.42. The summed E-state index contributed by atoms with van der Waals surface area (Å²) in [5.41, 5.74) is -1.82. The van der Waals surface area contributed by atoms with Gasteiger partial charge < -0.3 is 0 Å². The molecule has 0 radical (unpaired) electrons. The van der Waals surface area contributed by atoms with Gasteiger partial charge in [-0.25, -0.2) is 15.0 Å². The molecule has 4 nitrogen and oxygen atoms in total. The van der Waals surface area contributed by atoms with Gasteiger partial charge in [-0.3, -0.25) is 4.98 Å². The van der Waals surface area contributed by atoms with Crippen LogP contribution < -0.4 is 0 Å². The Morgan fingerprint density at radius 1 is 0.267 bits per heavy atom. The van der Waals surface area contributed by atoms with Gasteiger partial charge in [0.2, 0.25) is 0 Å². The molecule has 1 aliphatic rings. The molecule has 0 spiro atoms. The van der Waals surface area contributed by atoms with Gasteiger partial charge in [-0.15, -0.1) is 0 Å². The van der Waals surface area contributed by atoms with E-state index in [9.17, 15) is 0 Å². The molecular formula is C71H58N4. The lowest BCUT2D eigenvalue weighted by Gasteiger charge is -2.44. The first-order valence-electron chi connectivity index (χ1n) is 33.5. The van der Waals surface area contributed by atoms with Crippen LogP contribution in [0.15, 0.2) is 243 Å². The second kappa shape index (κ2) is 18.9. The minimum Gasteiger partial charge on any atom is -0.255 e. The third-order valence-electron chi connectivity index (χ3n) is 14.1. The minimum atomic E-state index is -4.53. The highest BCUT2D eigenvalue weighted by atomic mass is 15.0. The summed E-state index contributed by atoms with van der Waals surface area (Å²) in [7, 11) is 0. The topological polar surface area (TPSA) is 51.6 Å². The Labute approximate surface area is 466 Å². The van der Waals surface area contributed by atoms with Crippen LogP contribution in [0.3, 0.4) is 0 Å². The van der Waals surface area contributed by atoms with Crippen molar-refractivity contribution in [1.29, 1.82) is 0 Å².